The summed E-state index contributed by atoms with van der Waals surface area (Å²) in [6, 6.07) is 4.55. The lowest BCUT2D eigenvalue weighted by molar-refractivity contribution is 0.0889. The highest BCUT2D eigenvalue weighted by atomic mass is 32.1. The van der Waals surface area contributed by atoms with Crippen molar-refractivity contribution in [3.63, 3.8) is 0 Å². The molecule has 1 fully saturated rings. The number of ketones is 1. The largest absolute Gasteiger partial charge is 0.383 e. The third-order valence-electron chi connectivity index (χ3n) is 3.01. The van der Waals surface area contributed by atoms with Crippen molar-refractivity contribution in [3.8, 4) is 0 Å². The summed E-state index contributed by atoms with van der Waals surface area (Å²) < 4.78 is 5.09. The number of methoxy groups -OCH3 is 1. The third-order valence-corrected chi connectivity index (χ3v) is 4.05. The summed E-state index contributed by atoms with van der Waals surface area (Å²) in [4.78, 5) is 16.4. The van der Waals surface area contributed by atoms with Gasteiger partial charge in [0.1, 0.15) is 0 Å². The van der Waals surface area contributed by atoms with Crippen LogP contribution in [0.1, 0.15) is 27.4 Å². The van der Waals surface area contributed by atoms with Crippen molar-refractivity contribution in [2.45, 2.75) is 25.8 Å². The van der Waals surface area contributed by atoms with Crippen molar-refractivity contribution in [3.05, 3.63) is 21.9 Å². The highest BCUT2D eigenvalue weighted by Gasteiger charge is 2.30. The van der Waals surface area contributed by atoms with Gasteiger partial charge in [-0.2, -0.15) is 0 Å². The van der Waals surface area contributed by atoms with E-state index < -0.39 is 0 Å². The first-order valence-electron chi connectivity index (χ1n) is 6.03. The standard InChI is InChI=1S/C13H19NO2S/c1-10-3-6-13(17-10)12(15)9-14(7-8-16-2)11-4-5-11/h3,6,11H,4-5,7-9H2,1-2H3. The molecule has 1 aliphatic rings. The second-order valence-electron chi connectivity index (χ2n) is 4.53. The molecular formula is C13H19NO2S. The summed E-state index contributed by atoms with van der Waals surface area (Å²) in [6.45, 7) is 4.13. The van der Waals surface area contributed by atoms with Gasteiger partial charge >= 0.3 is 0 Å². The van der Waals surface area contributed by atoms with Gasteiger partial charge in [0, 0.05) is 24.6 Å². The first kappa shape index (κ1) is 12.7. The predicted octanol–water partition coefficient (Wildman–Crippen LogP) is 2.35. The number of thiophene rings is 1. The molecule has 1 saturated carbocycles. The smallest absolute Gasteiger partial charge is 0.186 e. The second-order valence-corrected chi connectivity index (χ2v) is 5.82. The molecule has 0 spiro atoms. The SMILES string of the molecule is COCCN(CC(=O)c1ccc(C)s1)C1CC1. The van der Waals surface area contributed by atoms with E-state index in [9.17, 15) is 4.79 Å². The number of hydrogen-bond donors (Lipinski definition) is 0. The minimum Gasteiger partial charge on any atom is -0.383 e. The third kappa shape index (κ3) is 3.63. The van der Waals surface area contributed by atoms with Gasteiger partial charge < -0.3 is 4.74 Å². The Bertz CT molecular complexity index is 385. The van der Waals surface area contributed by atoms with Gasteiger partial charge in [-0.05, 0) is 31.9 Å². The lowest BCUT2D eigenvalue weighted by atomic mass is 10.3. The summed E-state index contributed by atoms with van der Waals surface area (Å²) in [7, 11) is 1.70. The fourth-order valence-electron chi connectivity index (χ4n) is 1.89. The number of nitrogens with zero attached hydrogens (tertiary/aromatic N) is 1. The van der Waals surface area contributed by atoms with Crippen LogP contribution in [0.5, 0.6) is 0 Å². The van der Waals surface area contributed by atoms with E-state index in [1.54, 1.807) is 18.4 Å². The van der Waals surface area contributed by atoms with Crippen LogP contribution < -0.4 is 0 Å². The van der Waals surface area contributed by atoms with Gasteiger partial charge in [0.2, 0.25) is 0 Å². The van der Waals surface area contributed by atoms with Gasteiger partial charge in [-0.1, -0.05) is 0 Å². The normalized spacial score (nSPS) is 15.5. The van der Waals surface area contributed by atoms with Gasteiger partial charge in [-0.25, -0.2) is 0 Å². The molecule has 0 aliphatic heterocycles. The summed E-state index contributed by atoms with van der Waals surface area (Å²) in [6.07, 6.45) is 2.45. The summed E-state index contributed by atoms with van der Waals surface area (Å²) in [5.41, 5.74) is 0. The number of ether oxygens (including phenoxy) is 1. The van der Waals surface area contributed by atoms with E-state index >= 15 is 0 Å². The fraction of sp³-hybridized carbons (Fsp3) is 0.615. The van der Waals surface area contributed by atoms with Crippen LogP contribution in [0.3, 0.4) is 0 Å². The van der Waals surface area contributed by atoms with Crippen molar-refractivity contribution in [2.24, 2.45) is 0 Å². The summed E-state index contributed by atoms with van der Waals surface area (Å²) >= 11 is 1.59. The number of aryl methyl sites for hydroxylation is 1. The zero-order valence-electron chi connectivity index (χ0n) is 10.4. The first-order valence-corrected chi connectivity index (χ1v) is 6.85. The number of rotatable bonds is 7. The lowest BCUT2D eigenvalue weighted by Crippen LogP contribution is -2.34. The maximum Gasteiger partial charge on any atom is 0.186 e. The number of hydrogen-bond acceptors (Lipinski definition) is 4. The molecule has 17 heavy (non-hydrogen) atoms. The van der Waals surface area contributed by atoms with Crippen LogP contribution in [-0.4, -0.2) is 43.5 Å². The van der Waals surface area contributed by atoms with E-state index in [1.807, 2.05) is 19.1 Å². The zero-order chi connectivity index (χ0) is 12.3. The van der Waals surface area contributed by atoms with Crippen LogP contribution in [0.2, 0.25) is 0 Å². The van der Waals surface area contributed by atoms with E-state index in [0.29, 0.717) is 19.2 Å². The molecule has 0 bridgehead atoms. The maximum absolute atomic E-state index is 12.1. The molecule has 0 saturated heterocycles. The maximum atomic E-state index is 12.1. The van der Waals surface area contributed by atoms with Gasteiger partial charge in [0.15, 0.2) is 5.78 Å². The molecule has 4 heteroatoms. The van der Waals surface area contributed by atoms with Crippen molar-refractivity contribution in [1.82, 2.24) is 4.90 Å². The number of carbonyl (C=O) groups is 1. The quantitative estimate of drug-likeness (QED) is 0.699. The average Bonchev–Trinajstić information content (AvgIpc) is 3.06. The molecule has 1 aromatic rings. The zero-order valence-corrected chi connectivity index (χ0v) is 11.3. The van der Waals surface area contributed by atoms with Gasteiger partial charge in [0.25, 0.3) is 0 Å². The molecule has 0 atom stereocenters. The molecule has 0 amide bonds. The molecule has 0 aromatic carbocycles. The summed E-state index contributed by atoms with van der Waals surface area (Å²) in [5, 5.41) is 0. The van der Waals surface area contributed by atoms with Crippen molar-refractivity contribution < 1.29 is 9.53 Å². The van der Waals surface area contributed by atoms with Gasteiger partial charge in [-0.3, -0.25) is 9.69 Å². The Labute approximate surface area is 106 Å². The highest BCUT2D eigenvalue weighted by Crippen LogP contribution is 2.27. The Balaban J connectivity index is 1.90. The van der Waals surface area contributed by atoms with Crippen molar-refractivity contribution in [2.75, 3.05) is 26.8 Å². The van der Waals surface area contributed by atoms with E-state index in [4.69, 9.17) is 4.74 Å². The number of carbonyl (C=O) groups excluding carboxylic acids is 1. The molecule has 1 aromatic heterocycles. The monoisotopic (exact) mass is 253 g/mol. The molecule has 94 valence electrons. The molecule has 0 N–H and O–H groups in total. The average molecular weight is 253 g/mol. The molecule has 2 rings (SSSR count). The first-order chi connectivity index (χ1) is 8.20. The number of Topliss-reactive ketones (excluding diaryl/α,β-unsaturated/α-hetero) is 1. The Hall–Kier alpha value is -0.710. The molecule has 3 nitrogen and oxygen atoms in total. The molecular weight excluding hydrogens is 234 g/mol. The van der Waals surface area contributed by atoms with Crippen LogP contribution >= 0.6 is 11.3 Å². The van der Waals surface area contributed by atoms with Crippen LogP contribution in [0.4, 0.5) is 0 Å². The van der Waals surface area contributed by atoms with Crippen molar-refractivity contribution >= 4 is 17.1 Å². The Kier molecular flexibility index (Phi) is 4.31. The Morgan fingerprint density at radius 2 is 2.29 bits per heavy atom. The Morgan fingerprint density at radius 1 is 1.53 bits per heavy atom. The van der Waals surface area contributed by atoms with Crippen molar-refractivity contribution in [1.29, 1.82) is 0 Å². The van der Waals surface area contributed by atoms with Crippen LogP contribution in [0, 0.1) is 6.92 Å². The van der Waals surface area contributed by atoms with Crippen LogP contribution in [-0.2, 0) is 4.74 Å². The molecule has 0 unspecified atom stereocenters. The van der Waals surface area contributed by atoms with E-state index in [-0.39, 0.29) is 5.78 Å². The second kappa shape index (κ2) is 5.76. The van der Waals surface area contributed by atoms with E-state index in [1.165, 1.54) is 17.7 Å². The predicted molar refractivity (Wildman–Crippen MR) is 69.9 cm³/mol. The summed E-state index contributed by atoms with van der Waals surface area (Å²) in [5.74, 6) is 0.242. The Morgan fingerprint density at radius 3 is 2.82 bits per heavy atom. The fourth-order valence-corrected chi connectivity index (χ4v) is 2.68. The minimum atomic E-state index is 0.242. The van der Waals surface area contributed by atoms with E-state index in [0.717, 1.165) is 11.4 Å². The molecule has 0 radical (unpaired) electrons. The van der Waals surface area contributed by atoms with Gasteiger partial charge in [0.05, 0.1) is 18.0 Å². The van der Waals surface area contributed by atoms with Crippen LogP contribution in [0.25, 0.3) is 0 Å². The topological polar surface area (TPSA) is 29.5 Å². The molecule has 1 heterocycles. The minimum absolute atomic E-state index is 0.242. The van der Waals surface area contributed by atoms with Gasteiger partial charge in [-0.15, -0.1) is 11.3 Å². The molecule has 1 aliphatic carbocycles. The van der Waals surface area contributed by atoms with E-state index in [2.05, 4.69) is 4.90 Å². The van der Waals surface area contributed by atoms with Crippen LogP contribution in [0.15, 0.2) is 12.1 Å². The highest BCUT2D eigenvalue weighted by molar-refractivity contribution is 7.14. The lowest BCUT2D eigenvalue weighted by Gasteiger charge is -2.20.